The summed E-state index contributed by atoms with van der Waals surface area (Å²) in [5.74, 6) is 0. The van der Waals surface area contributed by atoms with E-state index in [1.54, 1.807) is 0 Å². The number of H-pyrrole nitrogens is 1. The molecule has 1 aliphatic heterocycles. The van der Waals surface area contributed by atoms with Crippen LogP contribution in [0, 0.1) is 0 Å². The monoisotopic (exact) mass is 404 g/mol. The van der Waals surface area contributed by atoms with E-state index < -0.39 is 23.6 Å². The summed E-state index contributed by atoms with van der Waals surface area (Å²) in [4.78, 5) is 45.3. The Bertz CT molecular complexity index is 724. The summed E-state index contributed by atoms with van der Waals surface area (Å²) in [7, 11) is 0. The average molecular weight is 404 g/mol. The molecule has 1 aliphatic rings. The Morgan fingerprint density at radius 2 is 1.96 bits per heavy atom. The molecule has 3 N–H and O–H groups in total. The average Bonchev–Trinajstić information content (AvgIpc) is 3.06. The van der Waals surface area contributed by atoms with E-state index in [1.165, 1.54) is 28.6 Å². The van der Waals surface area contributed by atoms with Crippen molar-refractivity contribution < 1.29 is 29.3 Å². The maximum atomic E-state index is 11.8. The first-order chi connectivity index (χ1) is 12.8. The van der Waals surface area contributed by atoms with E-state index in [-0.39, 0.29) is 23.3 Å². The van der Waals surface area contributed by atoms with E-state index in [0.717, 1.165) is 12.8 Å². The van der Waals surface area contributed by atoms with Crippen molar-refractivity contribution in [2.45, 2.75) is 57.1 Å². The molecule has 2 unspecified atom stereocenters. The van der Waals surface area contributed by atoms with Crippen LogP contribution in [0.4, 0.5) is 9.59 Å². The number of ether oxygens (including phenoxy) is 2. The SMILES string of the molecule is CCC(CC)SC(=O)OCC1CCC(n2ccc(=O)[nH]c2=O)O1.O=C(O)O. The molecule has 0 bridgehead atoms. The van der Waals surface area contributed by atoms with E-state index in [2.05, 4.69) is 4.98 Å². The summed E-state index contributed by atoms with van der Waals surface area (Å²) in [6, 6.07) is 1.28. The Balaban J connectivity index is 0.000000828. The van der Waals surface area contributed by atoms with Gasteiger partial charge < -0.3 is 19.7 Å². The first-order valence-electron chi connectivity index (χ1n) is 8.49. The van der Waals surface area contributed by atoms with Crippen LogP contribution in [0.2, 0.25) is 0 Å². The normalized spacial score (nSPS) is 18.6. The fourth-order valence-corrected chi connectivity index (χ4v) is 3.20. The van der Waals surface area contributed by atoms with Crippen LogP contribution in [0.15, 0.2) is 21.9 Å². The van der Waals surface area contributed by atoms with Gasteiger partial charge in [-0.05, 0) is 37.4 Å². The molecule has 2 atom stereocenters. The fourth-order valence-electron chi connectivity index (χ4n) is 2.45. The minimum Gasteiger partial charge on any atom is -0.455 e. The summed E-state index contributed by atoms with van der Waals surface area (Å²) in [5.41, 5.74) is -0.933. The summed E-state index contributed by atoms with van der Waals surface area (Å²) >= 11 is 1.22. The van der Waals surface area contributed by atoms with Crippen molar-refractivity contribution in [3.8, 4) is 0 Å². The zero-order valence-electron chi connectivity index (χ0n) is 15.1. The predicted octanol–water partition coefficient (Wildman–Crippen LogP) is 2.49. The molecule has 0 spiro atoms. The molecule has 1 aromatic heterocycles. The van der Waals surface area contributed by atoms with Gasteiger partial charge in [0.15, 0.2) is 0 Å². The van der Waals surface area contributed by atoms with Crippen molar-refractivity contribution >= 4 is 23.2 Å². The first kappa shape index (κ1) is 22.8. The molecule has 11 heteroatoms. The number of carbonyl (C=O) groups is 2. The molecule has 0 aromatic carbocycles. The van der Waals surface area contributed by atoms with Crippen LogP contribution in [0.5, 0.6) is 0 Å². The Labute approximate surface area is 159 Å². The molecule has 1 fully saturated rings. The number of hydrogen-bond donors (Lipinski definition) is 3. The lowest BCUT2D eigenvalue weighted by Gasteiger charge is -2.16. The van der Waals surface area contributed by atoms with Gasteiger partial charge in [-0.15, -0.1) is 0 Å². The van der Waals surface area contributed by atoms with Crippen LogP contribution in [-0.2, 0) is 9.47 Å². The second-order valence-electron chi connectivity index (χ2n) is 5.71. The van der Waals surface area contributed by atoms with Gasteiger partial charge in [-0.25, -0.2) is 14.4 Å². The second-order valence-corrected chi connectivity index (χ2v) is 6.94. The zero-order valence-corrected chi connectivity index (χ0v) is 15.9. The number of aromatic nitrogens is 2. The minimum absolute atomic E-state index is 0.181. The third-order valence-electron chi connectivity index (χ3n) is 3.81. The molecule has 1 aromatic rings. The number of thioether (sulfide) groups is 1. The van der Waals surface area contributed by atoms with Gasteiger partial charge in [0, 0.05) is 17.5 Å². The highest BCUT2D eigenvalue weighted by molar-refractivity contribution is 8.13. The minimum atomic E-state index is -1.83. The maximum Gasteiger partial charge on any atom is 0.503 e. The fraction of sp³-hybridized carbons (Fsp3) is 0.625. The van der Waals surface area contributed by atoms with Crippen LogP contribution in [0.25, 0.3) is 0 Å². The van der Waals surface area contributed by atoms with Crippen molar-refractivity contribution in [2.24, 2.45) is 0 Å². The van der Waals surface area contributed by atoms with Crippen LogP contribution in [0.1, 0.15) is 45.8 Å². The van der Waals surface area contributed by atoms with Gasteiger partial charge >= 0.3 is 17.1 Å². The number of hydrogen-bond acceptors (Lipinski definition) is 7. The molecule has 0 radical (unpaired) electrons. The summed E-state index contributed by atoms with van der Waals surface area (Å²) in [5, 5.41) is 13.9. The molecular weight excluding hydrogens is 380 g/mol. The third kappa shape index (κ3) is 8.31. The van der Waals surface area contributed by atoms with E-state index in [0.29, 0.717) is 12.8 Å². The predicted molar refractivity (Wildman–Crippen MR) is 98.4 cm³/mol. The summed E-state index contributed by atoms with van der Waals surface area (Å²) in [6.45, 7) is 4.27. The number of carbonyl (C=O) groups excluding carboxylic acids is 1. The number of rotatable bonds is 6. The summed E-state index contributed by atoms with van der Waals surface area (Å²) < 4.78 is 12.3. The molecule has 0 saturated carbocycles. The molecule has 2 rings (SSSR count). The lowest BCUT2D eigenvalue weighted by Crippen LogP contribution is -2.31. The number of carboxylic acid groups (broad SMARTS) is 2. The van der Waals surface area contributed by atoms with Crippen molar-refractivity contribution in [3.63, 3.8) is 0 Å². The Kier molecular flexibility index (Phi) is 9.65. The number of aromatic amines is 1. The van der Waals surface area contributed by atoms with Crippen LogP contribution in [0.3, 0.4) is 0 Å². The van der Waals surface area contributed by atoms with Crippen LogP contribution < -0.4 is 11.2 Å². The quantitative estimate of drug-likeness (QED) is 0.608. The molecule has 1 saturated heterocycles. The van der Waals surface area contributed by atoms with E-state index in [1.807, 2.05) is 13.8 Å². The van der Waals surface area contributed by atoms with E-state index >= 15 is 0 Å². The Morgan fingerprint density at radius 1 is 1.33 bits per heavy atom. The van der Waals surface area contributed by atoms with E-state index in [4.69, 9.17) is 24.5 Å². The lowest BCUT2D eigenvalue weighted by atomic mass is 10.2. The highest BCUT2D eigenvalue weighted by atomic mass is 32.2. The largest absolute Gasteiger partial charge is 0.503 e. The van der Waals surface area contributed by atoms with Gasteiger partial charge in [0.25, 0.3) is 5.56 Å². The van der Waals surface area contributed by atoms with Crippen LogP contribution >= 0.6 is 11.8 Å². The van der Waals surface area contributed by atoms with Crippen LogP contribution in [-0.4, -0.2) is 49.2 Å². The highest BCUT2D eigenvalue weighted by Gasteiger charge is 2.28. The van der Waals surface area contributed by atoms with Crippen molar-refractivity contribution in [1.29, 1.82) is 0 Å². The number of nitrogens with zero attached hydrogens (tertiary/aromatic N) is 1. The topological polar surface area (TPSA) is 148 Å². The Morgan fingerprint density at radius 3 is 2.52 bits per heavy atom. The highest BCUT2D eigenvalue weighted by Crippen LogP contribution is 2.28. The van der Waals surface area contributed by atoms with Crippen molar-refractivity contribution in [1.82, 2.24) is 9.55 Å². The summed E-state index contributed by atoms with van der Waals surface area (Å²) in [6.07, 6.45) is 2.09. The number of nitrogens with one attached hydrogen (secondary N) is 1. The van der Waals surface area contributed by atoms with Gasteiger partial charge in [-0.1, -0.05) is 13.8 Å². The van der Waals surface area contributed by atoms with E-state index in [9.17, 15) is 14.4 Å². The third-order valence-corrected chi connectivity index (χ3v) is 5.12. The smallest absolute Gasteiger partial charge is 0.455 e. The standard InChI is InChI=1S/C15H22N2O5S.CH2O3/c1-3-11(4-2)23-15(20)21-9-10-5-6-13(22-10)17-8-7-12(18)16-14(17)19;2-1(3)4/h7-8,10-11,13H,3-6,9H2,1-2H3,(H,16,18,19);(H2,2,3,4). The molecule has 0 amide bonds. The van der Waals surface area contributed by atoms with Gasteiger partial charge in [-0.2, -0.15) is 0 Å². The molecule has 2 heterocycles. The molecule has 0 aliphatic carbocycles. The first-order valence-corrected chi connectivity index (χ1v) is 9.36. The van der Waals surface area contributed by atoms with Gasteiger partial charge in [0.1, 0.15) is 12.8 Å². The molecule has 10 nitrogen and oxygen atoms in total. The van der Waals surface area contributed by atoms with Gasteiger partial charge in [-0.3, -0.25) is 14.3 Å². The molecule has 27 heavy (non-hydrogen) atoms. The van der Waals surface area contributed by atoms with Crippen molar-refractivity contribution in [3.05, 3.63) is 33.1 Å². The zero-order chi connectivity index (χ0) is 20.4. The second kappa shape index (κ2) is 11.4. The maximum absolute atomic E-state index is 11.8. The molecule has 152 valence electrons. The van der Waals surface area contributed by atoms with Gasteiger partial charge in [0.2, 0.25) is 0 Å². The Hall–Kier alpha value is -2.27. The van der Waals surface area contributed by atoms with Gasteiger partial charge in [0.05, 0.1) is 6.10 Å². The van der Waals surface area contributed by atoms with Crippen molar-refractivity contribution in [2.75, 3.05) is 6.61 Å². The molecular formula is C16H24N2O8S. The lowest BCUT2D eigenvalue weighted by molar-refractivity contribution is -0.0254.